The van der Waals surface area contributed by atoms with E-state index in [0.717, 1.165) is 13.0 Å². The van der Waals surface area contributed by atoms with Gasteiger partial charge in [-0.3, -0.25) is 9.10 Å². The molecular weight excluding hydrogens is 302 g/mol. The van der Waals surface area contributed by atoms with E-state index in [-0.39, 0.29) is 11.7 Å². The van der Waals surface area contributed by atoms with Crippen molar-refractivity contribution in [2.75, 3.05) is 43.8 Å². The zero-order valence-electron chi connectivity index (χ0n) is 13.1. The number of carbonyl (C=O) groups excluding carboxylic acids is 1. The van der Waals surface area contributed by atoms with Gasteiger partial charge in [0.25, 0.3) is 5.91 Å². The first kappa shape index (κ1) is 16.8. The maximum absolute atomic E-state index is 12.0. The van der Waals surface area contributed by atoms with Crippen LogP contribution in [0, 0.1) is 0 Å². The number of benzene rings is 1. The summed E-state index contributed by atoms with van der Waals surface area (Å²) >= 11 is 0. The smallest absolute Gasteiger partial charge is 0.251 e. The second kappa shape index (κ2) is 7.11. The number of amides is 1. The molecule has 1 saturated heterocycles. The van der Waals surface area contributed by atoms with Gasteiger partial charge in [0.2, 0.25) is 10.0 Å². The Labute approximate surface area is 132 Å². The van der Waals surface area contributed by atoms with E-state index in [2.05, 4.69) is 10.2 Å². The third-order valence-corrected chi connectivity index (χ3v) is 5.45. The van der Waals surface area contributed by atoms with E-state index < -0.39 is 10.0 Å². The van der Waals surface area contributed by atoms with Crippen LogP contribution in [0.2, 0.25) is 0 Å². The van der Waals surface area contributed by atoms with E-state index in [1.165, 1.54) is 4.31 Å². The van der Waals surface area contributed by atoms with E-state index in [1.807, 2.05) is 14.1 Å². The van der Waals surface area contributed by atoms with Crippen molar-refractivity contribution in [2.45, 2.75) is 12.8 Å². The van der Waals surface area contributed by atoms with Gasteiger partial charge in [-0.15, -0.1) is 0 Å². The van der Waals surface area contributed by atoms with Gasteiger partial charge >= 0.3 is 0 Å². The summed E-state index contributed by atoms with van der Waals surface area (Å²) in [5, 5.41) is 2.86. The van der Waals surface area contributed by atoms with Crippen LogP contribution in [0.4, 0.5) is 5.69 Å². The van der Waals surface area contributed by atoms with Crippen LogP contribution < -0.4 is 9.62 Å². The molecule has 0 aliphatic carbocycles. The van der Waals surface area contributed by atoms with Gasteiger partial charge in [-0.1, -0.05) is 0 Å². The lowest BCUT2D eigenvalue weighted by Crippen LogP contribution is -2.27. The van der Waals surface area contributed by atoms with Gasteiger partial charge in [-0.2, -0.15) is 0 Å². The number of rotatable bonds is 6. The third-order valence-electron chi connectivity index (χ3n) is 3.58. The Hall–Kier alpha value is -1.60. The number of nitrogens with zero attached hydrogens (tertiary/aromatic N) is 2. The Morgan fingerprint density at radius 3 is 2.50 bits per heavy atom. The summed E-state index contributed by atoms with van der Waals surface area (Å²) in [6.07, 6.45) is 1.54. The molecule has 1 aliphatic rings. The number of anilines is 1. The monoisotopic (exact) mass is 325 g/mol. The number of sulfonamides is 1. The van der Waals surface area contributed by atoms with Crippen LogP contribution in [0.1, 0.15) is 23.2 Å². The summed E-state index contributed by atoms with van der Waals surface area (Å²) in [5.41, 5.74) is 1.17. The van der Waals surface area contributed by atoms with Crippen LogP contribution in [0.25, 0.3) is 0 Å². The molecule has 1 aliphatic heterocycles. The highest BCUT2D eigenvalue weighted by molar-refractivity contribution is 7.93. The van der Waals surface area contributed by atoms with Gasteiger partial charge in [0.05, 0.1) is 11.4 Å². The minimum Gasteiger partial charge on any atom is -0.352 e. The summed E-state index contributed by atoms with van der Waals surface area (Å²) in [7, 11) is 0.815. The van der Waals surface area contributed by atoms with Crippen molar-refractivity contribution in [1.82, 2.24) is 10.2 Å². The molecule has 7 heteroatoms. The first-order valence-corrected chi connectivity index (χ1v) is 9.04. The van der Waals surface area contributed by atoms with Crippen molar-refractivity contribution in [1.29, 1.82) is 0 Å². The van der Waals surface area contributed by atoms with E-state index in [1.54, 1.807) is 24.3 Å². The summed E-state index contributed by atoms with van der Waals surface area (Å²) in [5.74, 6) is 0.0655. The van der Waals surface area contributed by atoms with Crippen molar-refractivity contribution in [3.8, 4) is 0 Å². The molecule has 6 nitrogen and oxygen atoms in total. The largest absolute Gasteiger partial charge is 0.352 e. The Morgan fingerprint density at radius 2 is 1.95 bits per heavy atom. The zero-order valence-corrected chi connectivity index (χ0v) is 13.9. The Balaban J connectivity index is 1.93. The SMILES string of the molecule is CN(C)CCCNC(=O)c1ccc(N2CCCS2(=O)=O)cc1. The second-order valence-corrected chi connectivity index (χ2v) is 7.71. The lowest BCUT2D eigenvalue weighted by Gasteiger charge is -2.17. The summed E-state index contributed by atoms with van der Waals surface area (Å²) in [6, 6.07) is 6.73. The number of carbonyl (C=O) groups is 1. The molecule has 1 N–H and O–H groups in total. The molecule has 2 rings (SSSR count). The highest BCUT2D eigenvalue weighted by Gasteiger charge is 2.28. The average Bonchev–Trinajstić information content (AvgIpc) is 2.83. The molecule has 122 valence electrons. The Kier molecular flexibility index (Phi) is 5.42. The average molecular weight is 325 g/mol. The fourth-order valence-corrected chi connectivity index (χ4v) is 3.97. The zero-order chi connectivity index (χ0) is 16.2. The molecule has 0 saturated carbocycles. The molecule has 0 spiro atoms. The van der Waals surface area contributed by atoms with Crippen molar-refractivity contribution >= 4 is 21.6 Å². The molecule has 1 aromatic carbocycles. The summed E-state index contributed by atoms with van der Waals surface area (Å²) in [6.45, 7) is 2.06. The first-order chi connectivity index (χ1) is 10.4. The van der Waals surface area contributed by atoms with Crippen molar-refractivity contribution in [3.05, 3.63) is 29.8 Å². The highest BCUT2D eigenvalue weighted by atomic mass is 32.2. The predicted molar refractivity (Wildman–Crippen MR) is 87.7 cm³/mol. The van der Waals surface area contributed by atoms with Crippen LogP contribution in [-0.2, 0) is 10.0 Å². The Morgan fingerprint density at radius 1 is 1.27 bits per heavy atom. The Bertz CT molecular complexity index is 611. The van der Waals surface area contributed by atoms with Crippen molar-refractivity contribution in [2.24, 2.45) is 0 Å². The van der Waals surface area contributed by atoms with Crippen LogP contribution in [0.15, 0.2) is 24.3 Å². The lowest BCUT2D eigenvalue weighted by molar-refractivity contribution is 0.0952. The van der Waals surface area contributed by atoms with Crippen LogP contribution >= 0.6 is 0 Å². The third kappa shape index (κ3) is 4.20. The molecule has 22 heavy (non-hydrogen) atoms. The first-order valence-electron chi connectivity index (χ1n) is 7.43. The van der Waals surface area contributed by atoms with Crippen molar-refractivity contribution in [3.63, 3.8) is 0 Å². The minimum atomic E-state index is -3.17. The number of hydrogen-bond donors (Lipinski definition) is 1. The molecular formula is C15H23N3O3S. The standard InChI is InChI=1S/C15H23N3O3S/c1-17(2)10-3-9-16-15(19)13-5-7-14(8-6-13)18-11-4-12-22(18,20)21/h5-8H,3-4,9-12H2,1-2H3,(H,16,19). The fraction of sp³-hybridized carbons (Fsp3) is 0.533. The van der Waals surface area contributed by atoms with Crippen LogP contribution in [-0.4, -0.2) is 58.7 Å². The molecule has 0 bridgehead atoms. The lowest BCUT2D eigenvalue weighted by atomic mass is 10.2. The van der Waals surface area contributed by atoms with E-state index in [9.17, 15) is 13.2 Å². The van der Waals surface area contributed by atoms with Gasteiger partial charge in [-0.25, -0.2) is 8.42 Å². The molecule has 0 aromatic heterocycles. The van der Waals surface area contributed by atoms with Crippen molar-refractivity contribution < 1.29 is 13.2 Å². The van der Waals surface area contributed by atoms with Gasteiger partial charge in [0.1, 0.15) is 0 Å². The molecule has 0 atom stereocenters. The van der Waals surface area contributed by atoms with Gasteiger partial charge < -0.3 is 10.2 Å². The number of hydrogen-bond acceptors (Lipinski definition) is 4. The molecule has 1 aromatic rings. The van der Waals surface area contributed by atoms with Crippen LogP contribution in [0.3, 0.4) is 0 Å². The second-order valence-electron chi connectivity index (χ2n) is 5.70. The number of nitrogens with one attached hydrogen (secondary N) is 1. The quantitative estimate of drug-likeness (QED) is 0.789. The van der Waals surface area contributed by atoms with Gasteiger partial charge in [-0.05, 0) is 57.7 Å². The highest BCUT2D eigenvalue weighted by Crippen LogP contribution is 2.24. The fourth-order valence-electron chi connectivity index (χ4n) is 2.41. The van der Waals surface area contributed by atoms with Gasteiger partial charge in [0, 0.05) is 18.7 Å². The molecule has 1 heterocycles. The predicted octanol–water partition coefficient (Wildman–Crippen LogP) is 0.908. The molecule has 0 unspecified atom stereocenters. The van der Waals surface area contributed by atoms with E-state index in [4.69, 9.17) is 0 Å². The van der Waals surface area contributed by atoms with E-state index in [0.29, 0.717) is 30.8 Å². The molecule has 0 radical (unpaired) electrons. The maximum atomic E-state index is 12.0. The van der Waals surface area contributed by atoms with Crippen LogP contribution in [0.5, 0.6) is 0 Å². The molecule has 1 fully saturated rings. The maximum Gasteiger partial charge on any atom is 0.251 e. The molecule has 1 amide bonds. The minimum absolute atomic E-state index is 0.130. The van der Waals surface area contributed by atoms with Gasteiger partial charge in [0.15, 0.2) is 0 Å². The topological polar surface area (TPSA) is 69.7 Å². The summed E-state index contributed by atoms with van der Waals surface area (Å²) < 4.78 is 25.1. The van der Waals surface area contributed by atoms with E-state index >= 15 is 0 Å². The summed E-state index contributed by atoms with van der Waals surface area (Å²) in [4.78, 5) is 14.1. The normalized spacial score (nSPS) is 17.0.